The van der Waals surface area contributed by atoms with E-state index in [1.165, 1.54) is 4.90 Å². The molecule has 0 bridgehead atoms. The summed E-state index contributed by atoms with van der Waals surface area (Å²) in [5.41, 5.74) is 3.35. The van der Waals surface area contributed by atoms with Gasteiger partial charge in [-0.3, -0.25) is 9.59 Å². The van der Waals surface area contributed by atoms with Crippen molar-refractivity contribution in [1.29, 1.82) is 0 Å². The number of amides is 1. The number of β-amino-alcohol motifs (C(OH)–C–C–N with tert-alkyl or cyclic N) is 1. The van der Waals surface area contributed by atoms with Crippen LogP contribution in [0.1, 0.15) is 56.0 Å². The van der Waals surface area contributed by atoms with Crippen LogP contribution in [0.2, 0.25) is 0 Å². The summed E-state index contributed by atoms with van der Waals surface area (Å²) in [6, 6.07) is 14.1. The van der Waals surface area contributed by atoms with Gasteiger partial charge in [-0.1, -0.05) is 74.9 Å². The third-order valence-corrected chi connectivity index (χ3v) is 5.42. The molecule has 2 atom stereocenters. The Hall–Kier alpha value is -2.92. The molecule has 0 unspecified atom stereocenters. The molecule has 0 saturated carbocycles. The normalized spacial score (nSPS) is 19.9. The fraction of sp³-hybridized carbons (Fsp3) is 0.360. The van der Waals surface area contributed by atoms with E-state index in [9.17, 15) is 19.8 Å². The van der Waals surface area contributed by atoms with Crippen LogP contribution in [0.25, 0.3) is 5.76 Å². The van der Waals surface area contributed by atoms with Crippen molar-refractivity contribution in [2.75, 3.05) is 6.54 Å². The highest BCUT2D eigenvalue weighted by Crippen LogP contribution is 2.40. The first-order chi connectivity index (χ1) is 14.0. The van der Waals surface area contributed by atoms with E-state index in [4.69, 9.17) is 0 Å². The van der Waals surface area contributed by atoms with Crippen LogP contribution in [0, 0.1) is 6.92 Å². The van der Waals surface area contributed by atoms with Crippen LogP contribution in [-0.2, 0) is 15.0 Å². The van der Waals surface area contributed by atoms with Gasteiger partial charge >= 0.3 is 0 Å². The van der Waals surface area contributed by atoms with Crippen LogP contribution in [0.5, 0.6) is 0 Å². The quantitative estimate of drug-likeness (QED) is 0.455. The fourth-order valence-electron chi connectivity index (χ4n) is 3.73. The molecule has 30 heavy (non-hydrogen) atoms. The maximum absolute atomic E-state index is 12.9. The second-order valence-electron chi connectivity index (χ2n) is 9.04. The second kappa shape index (κ2) is 8.07. The van der Waals surface area contributed by atoms with Crippen LogP contribution >= 0.6 is 0 Å². The number of likely N-dealkylation sites (tertiary alicyclic amines) is 1. The predicted octanol–water partition coefficient (Wildman–Crippen LogP) is 4.10. The third-order valence-electron chi connectivity index (χ3n) is 5.42. The van der Waals surface area contributed by atoms with Gasteiger partial charge in [0.05, 0.1) is 17.7 Å². The predicted molar refractivity (Wildman–Crippen MR) is 117 cm³/mol. The molecule has 0 aromatic heterocycles. The van der Waals surface area contributed by atoms with Gasteiger partial charge in [0.25, 0.3) is 11.7 Å². The van der Waals surface area contributed by atoms with Crippen molar-refractivity contribution in [3.63, 3.8) is 0 Å². The Kier molecular flexibility index (Phi) is 5.86. The summed E-state index contributed by atoms with van der Waals surface area (Å²) in [6.45, 7) is 9.83. The smallest absolute Gasteiger partial charge is 0.295 e. The maximum Gasteiger partial charge on any atom is 0.295 e. The molecule has 1 aliphatic rings. The molecule has 158 valence electrons. The Morgan fingerprint density at radius 3 is 2.10 bits per heavy atom. The lowest BCUT2D eigenvalue weighted by Gasteiger charge is -2.27. The summed E-state index contributed by atoms with van der Waals surface area (Å²) in [5, 5.41) is 20.9. The number of nitrogens with zero attached hydrogens (tertiary/aromatic N) is 1. The number of rotatable bonds is 4. The number of carbonyl (C=O) groups is 2. The van der Waals surface area contributed by atoms with Crippen molar-refractivity contribution in [3.8, 4) is 0 Å². The van der Waals surface area contributed by atoms with Crippen molar-refractivity contribution in [2.24, 2.45) is 0 Å². The Morgan fingerprint density at radius 1 is 1.03 bits per heavy atom. The number of benzene rings is 2. The average molecular weight is 408 g/mol. The Bertz CT molecular complexity index is 979. The van der Waals surface area contributed by atoms with Crippen LogP contribution in [0.4, 0.5) is 0 Å². The van der Waals surface area contributed by atoms with Gasteiger partial charge in [-0.05, 0) is 30.4 Å². The van der Waals surface area contributed by atoms with Crippen LogP contribution in [-0.4, -0.2) is 39.5 Å². The van der Waals surface area contributed by atoms with E-state index >= 15 is 0 Å². The molecule has 5 heteroatoms. The van der Waals surface area contributed by atoms with Gasteiger partial charge < -0.3 is 15.1 Å². The van der Waals surface area contributed by atoms with Gasteiger partial charge in [0.2, 0.25) is 0 Å². The van der Waals surface area contributed by atoms with Gasteiger partial charge in [0.1, 0.15) is 5.76 Å². The molecule has 1 aliphatic heterocycles. The lowest BCUT2D eigenvalue weighted by Crippen LogP contribution is -2.35. The third kappa shape index (κ3) is 4.17. The van der Waals surface area contributed by atoms with Crippen LogP contribution in [0.15, 0.2) is 54.1 Å². The van der Waals surface area contributed by atoms with Crippen molar-refractivity contribution in [1.82, 2.24) is 4.90 Å². The van der Waals surface area contributed by atoms with E-state index in [2.05, 4.69) is 20.8 Å². The molecule has 2 aromatic rings. The highest BCUT2D eigenvalue weighted by atomic mass is 16.3. The number of aliphatic hydroxyl groups is 2. The van der Waals surface area contributed by atoms with E-state index in [-0.39, 0.29) is 23.3 Å². The molecule has 2 aromatic carbocycles. The Balaban J connectivity index is 2.16. The molecule has 0 aliphatic carbocycles. The van der Waals surface area contributed by atoms with E-state index in [1.807, 2.05) is 43.3 Å². The molecule has 3 rings (SSSR count). The van der Waals surface area contributed by atoms with Gasteiger partial charge in [-0.25, -0.2) is 0 Å². The van der Waals surface area contributed by atoms with Crippen molar-refractivity contribution in [3.05, 3.63) is 76.4 Å². The molecule has 2 N–H and O–H groups in total. The summed E-state index contributed by atoms with van der Waals surface area (Å²) in [6.07, 6.45) is -0.807. The molecular formula is C25H29NO4. The first kappa shape index (κ1) is 21.8. The number of hydrogen-bond acceptors (Lipinski definition) is 4. The zero-order valence-electron chi connectivity index (χ0n) is 18.1. The molecule has 0 spiro atoms. The molecule has 1 fully saturated rings. The van der Waals surface area contributed by atoms with E-state index < -0.39 is 23.8 Å². The van der Waals surface area contributed by atoms with Crippen molar-refractivity contribution < 1.29 is 19.8 Å². The minimum atomic E-state index is -0.807. The molecule has 1 amide bonds. The number of ketones is 1. The summed E-state index contributed by atoms with van der Waals surface area (Å²) in [4.78, 5) is 27.0. The van der Waals surface area contributed by atoms with Crippen LogP contribution < -0.4 is 0 Å². The lowest BCUT2D eigenvalue weighted by atomic mass is 9.85. The molecular weight excluding hydrogens is 378 g/mol. The summed E-state index contributed by atoms with van der Waals surface area (Å²) in [5.74, 6) is -1.65. The average Bonchev–Trinajstić information content (AvgIpc) is 2.92. The van der Waals surface area contributed by atoms with E-state index in [0.717, 1.165) is 16.7 Å². The van der Waals surface area contributed by atoms with Crippen LogP contribution in [0.3, 0.4) is 0 Å². The molecule has 1 saturated heterocycles. The lowest BCUT2D eigenvalue weighted by molar-refractivity contribution is -0.140. The molecule has 0 radical (unpaired) electrons. The topological polar surface area (TPSA) is 77.8 Å². The second-order valence-corrected chi connectivity index (χ2v) is 9.04. The van der Waals surface area contributed by atoms with E-state index in [1.54, 1.807) is 19.1 Å². The molecule has 1 heterocycles. The number of carbonyl (C=O) groups excluding carboxylic acids is 2. The monoisotopic (exact) mass is 407 g/mol. The highest BCUT2D eigenvalue weighted by Gasteiger charge is 2.46. The van der Waals surface area contributed by atoms with Crippen molar-refractivity contribution in [2.45, 2.75) is 52.2 Å². The number of Topliss-reactive ketones (excluding diaryl/α,β-unsaturated/α-hetero) is 1. The summed E-state index contributed by atoms with van der Waals surface area (Å²) >= 11 is 0. The SMILES string of the molecule is Cc1ccc(C(O)=C2C(=O)C(=O)N(C[C@@H](C)O)[C@H]2c2ccc(C(C)(C)C)cc2)cc1. The van der Waals surface area contributed by atoms with Crippen molar-refractivity contribution >= 4 is 17.4 Å². The van der Waals surface area contributed by atoms with Gasteiger partial charge in [0.15, 0.2) is 0 Å². The summed E-state index contributed by atoms with van der Waals surface area (Å²) < 4.78 is 0. The highest BCUT2D eigenvalue weighted by molar-refractivity contribution is 6.46. The zero-order valence-corrected chi connectivity index (χ0v) is 18.1. The van der Waals surface area contributed by atoms with Gasteiger partial charge in [-0.15, -0.1) is 0 Å². The minimum Gasteiger partial charge on any atom is -0.507 e. The first-order valence-electron chi connectivity index (χ1n) is 10.1. The molecule has 5 nitrogen and oxygen atoms in total. The fourth-order valence-corrected chi connectivity index (χ4v) is 3.73. The number of hydrogen-bond donors (Lipinski definition) is 2. The number of aliphatic hydroxyl groups excluding tert-OH is 2. The minimum absolute atomic E-state index is 0.000933. The van der Waals surface area contributed by atoms with Gasteiger partial charge in [0, 0.05) is 12.1 Å². The standard InChI is InChI=1S/C25H29NO4/c1-15-6-8-18(9-7-15)22(28)20-21(26(14-16(2)27)24(30)23(20)29)17-10-12-19(13-11-17)25(3,4)5/h6-13,16,21,27-28H,14H2,1-5H3/t16-,21+/m1/s1. The summed E-state index contributed by atoms with van der Waals surface area (Å²) in [7, 11) is 0. The maximum atomic E-state index is 12.9. The Labute approximate surface area is 177 Å². The Morgan fingerprint density at radius 2 is 1.60 bits per heavy atom. The largest absolute Gasteiger partial charge is 0.507 e. The zero-order chi connectivity index (χ0) is 22.2. The first-order valence-corrected chi connectivity index (χ1v) is 10.1. The van der Waals surface area contributed by atoms with Gasteiger partial charge in [-0.2, -0.15) is 0 Å². The number of aryl methyl sites for hydroxylation is 1. The van der Waals surface area contributed by atoms with E-state index in [0.29, 0.717) is 5.56 Å².